The van der Waals surface area contributed by atoms with Crippen LogP contribution >= 0.6 is 0 Å². The first-order chi connectivity index (χ1) is 5.89. The Bertz CT molecular complexity index is 268. The topological polar surface area (TPSA) is 26.0 Å². The van der Waals surface area contributed by atoms with Crippen LogP contribution in [0.1, 0.15) is 46.3 Å². The highest BCUT2D eigenvalue weighted by atomic mass is 16.4. The molecule has 0 radical (unpaired) electrons. The second-order valence-corrected chi connectivity index (χ2v) is 4.97. The van der Waals surface area contributed by atoms with Crippen molar-refractivity contribution in [3.8, 4) is 0 Å². The highest BCUT2D eigenvalue weighted by Crippen LogP contribution is 2.23. The Morgan fingerprint density at radius 3 is 2.38 bits per heavy atom. The molecular formula is C11H19NO. The van der Waals surface area contributed by atoms with E-state index < -0.39 is 0 Å². The summed E-state index contributed by atoms with van der Waals surface area (Å²) >= 11 is 0. The molecule has 0 unspecified atom stereocenters. The normalized spacial score (nSPS) is 12.5. The van der Waals surface area contributed by atoms with Crippen LogP contribution in [-0.2, 0) is 11.8 Å². The van der Waals surface area contributed by atoms with Gasteiger partial charge in [-0.2, -0.15) is 0 Å². The fourth-order valence-electron chi connectivity index (χ4n) is 1.10. The molecule has 74 valence electrons. The summed E-state index contributed by atoms with van der Waals surface area (Å²) in [5.41, 5.74) is 0.0717. The van der Waals surface area contributed by atoms with E-state index in [0.717, 1.165) is 18.1 Å². The molecule has 0 atom stereocenters. The fraction of sp³-hybridized carbons (Fsp3) is 0.727. The zero-order valence-corrected chi connectivity index (χ0v) is 9.22. The van der Waals surface area contributed by atoms with Gasteiger partial charge in [0.1, 0.15) is 5.76 Å². The summed E-state index contributed by atoms with van der Waals surface area (Å²) in [7, 11) is 0. The van der Waals surface area contributed by atoms with Gasteiger partial charge in [0.2, 0.25) is 0 Å². The standard InChI is InChI=1S/C11H19NO/c1-8(2)6-10-12-7-9(13-10)11(3,4)5/h7-8H,6H2,1-5H3. The Morgan fingerprint density at radius 1 is 1.38 bits per heavy atom. The summed E-state index contributed by atoms with van der Waals surface area (Å²) in [6, 6.07) is 0. The first-order valence-electron chi connectivity index (χ1n) is 4.85. The van der Waals surface area contributed by atoms with Gasteiger partial charge in [-0.05, 0) is 5.92 Å². The predicted octanol–water partition coefficient (Wildman–Crippen LogP) is 3.17. The van der Waals surface area contributed by atoms with E-state index in [1.807, 2.05) is 6.20 Å². The third-order valence-electron chi connectivity index (χ3n) is 1.88. The molecule has 0 amide bonds. The zero-order valence-electron chi connectivity index (χ0n) is 9.22. The first-order valence-corrected chi connectivity index (χ1v) is 4.85. The minimum Gasteiger partial charge on any atom is -0.445 e. The van der Waals surface area contributed by atoms with Gasteiger partial charge < -0.3 is 4.42 Å². The van der Waals surface area contributed by atoms with Crippen molar-refractivity contribution in [3.05, 3.63) is 17.8 Å². The van der Waals surface area contributed by atoms with Crippen LogP contribution in [0.25, 0.3) is 0 Å². The highest BCUT2D eigenvalue weighted by molar-refractivity contribution is 5.06. The number of aromatic nitrogens is 1. The van der Waals surface area contributed by atoms with Gasteiger partial charge in [0.05, 0.1) is 6.20 Å². The second-order valence-electron chi connectivity index (χ2n) is 4.97. The summed E-state index contributed by atoms with van der Waals surface area (Å²) in [6.45, 7) is 10.7. The minimum atomic E-state index is 0.0717. The van der Waals surface area contributed by atoms with E-state index in [4.69, 9.17) is 4.42 Å². The number of oxazole rings is 1. The van der Waals surface area contributed by atoms with Crippen molar-refractivity contribution < 1.29 is 4.42 Å². The first kappa shape index (κ1) is 10.3. The van der Waals surface area contributed by atoms with Gasteiger partial charge in [-0.3, -0.25) is 0 Å². The van der Waals surface area contributed by atoms with Crippen LogP contribution in [0.2, 0.25) is 0 Å². The summed E-state index contributed by atoms with van der Waals surface area (Å²) in [6.07, 6.45) is 2.77. The Balaban J connectivity index is 2.75. The third kappa shape index (κ3) is 2.87. The van der Waals surface area contributed by atoms with Crippen molar-refractivity contribution in [1.29, 1.82) is 0 Å². The average Bonchev–Trinajstić information content (AvgIpc) is 2.32. The van der Waals surface area contributed by atoms with Crippen molar-refractivity contribution in [3.63, 3.8) is 0 Å². The number of hydrogen-bond acceptors (Lipinski definition) is 2. The van der Waals surface area contributed by atoms with Crippen LogP contribution in [0.15, 0.2) is 10.6 Å². The molecule has 0 aliphatic rings. The molecule has 13 heavy (non-hydrogen) atoms. The zero-order chi connectivity index (χ0) is 10.1. The largest absolute Gasteiger partial charge is 0.445 e. The van der Waals surface area contributed by atoms with Gasteiger partial charge in [0.15, 0.2) is 5.89 Å². The maximum Gasteiger partial charge on any atom is 0.194 e. The molecule has 1 aromatic rings. The minimum absolute atomic E-state index is 0.0717. The van der Waals surface area contributed by atoms with Crippen LogP contribution in [0.3, 0.4) is 0 Å². The average molecular weight is 181 g/mol. The van der Waals surface area contributed by atoms with E-state index in [1.165, 1.54) is 0 Å². The lowest BCUT2D eigenvalue weighted by Gasteiger charge is -2.13. The Hall–Kier alpha value is -0.790. The highest BCUT2D eigenvalue weighted by Gasteiger charge is 2.19. The predicted molar refractivity (Wildman–Crippen MR) is 53.7 cm³/mol. The van der Waals surface area contributed by atoms with Gasteiger partial charge >= 0.3 is 0 Å². The molecule has 1 heterocycles. The van der Waals surface area contributed by atoms with Crippen molar-refractivity contribution in [2.24, 2.45) is 5.92 Å². The molecule has 0 aliphatic carbocycles. The maximum atomic E-state index is 5.65. The Morgan fingerprint density at radius 2 is 2.00 bits per heavy atom. The fourth-order valence-corrected chi connectivity index (χ4v) is 1.10. The molecule has 0 N–H and O–H groups in total. The quantitative estimate of drug-likeness (QED) is 0.700. The van der Waals surface area contributed by atoms with Crippen molar-refractivity contribution in [2.75, 3.05) is 0 Å². The van der Waals surface area contributed by atoms with E-state index in [1.54, 1.807) is 0 Å². The van der Waals surface area contributed by atoms with E-state index in [9.17, 15) is 0 Å². The van der Waals surface area contributed by atoms with Crippen molar-refractivity contribution in [1.82, 2.24) is 4.98 Å². The lowest BCUT2D eigenvalue weighted by molar-refractivity contribution is 0.370. The summed E-state index contributed by atoms with van der Waals surface area (Å²) in [5.74, 6) is 2.44. The molecule has 0 bridgehead atoms. The summed E-state index contributed by atoms with van der Waals surface area (Å²) in [4.78, 5) is 4.26. The second kappa shape index (κ2) is 3.52. The summed E-state index contributed by atoms with van der Waals surface area (Å²) < 4.78 is 5.65. The number of rotatable bonds is 2. The van der Waals surface area contributed by atoms with Crippen LogP contribution < -0.4 is 0 Å². The lowest BCUT2D eigenvalue weighted by atomic mass is 9.94. The van der Waals surface area contributed by atoms with E-state index in [0.29, 0.717) is 5.92 Å². The Labute approximate surface area is 80.4 Å². The van der Waals surface area contributed by atoms with Gasteiger partial charge in [-0.25, -0.2) is 4.98 Å². The molecule has 0 spiro atoms. The van der Waals surface area contributed by atoms with Crippen LogP contribution in [0.4, 0.5) is 0 Å². The van der Waals surface area contributed by atoms with Gasteiger partial charge in [0, 0.05) is 11.8 Å². The molecule has 0 saturated carbocycles. The molecule has 2 nitrogen and oxygen atoms in total. The number of nitrogens with zero attached hydrogens (tertiary/aromatic N) is 1. The van der Waals surface area contributed by atoms with E-state index in [-0.39, 0.29) is 5.41 Å². The van der Waals surface area contributed by atoms with Gasteiger partial charge in [0.25, 0.3) is 0 Å². The molecule has 0 aliphatic heterocycles. The maximum absolute atomic E-state index is 5.65. The van der Waals surface area contributed by atoms with Crippen LogP contribution in [-0.4, -0.2) is 4.98 Å². The van der Waals surface area contributed by atoms with E-state index >= 15 is 0 Å². The molecule has 0 aromatic carbocycles. The smallest absolute Gasteiger partial charge is 0.194 e. The Kier molecular flexibility index (Phi) is 2.79. The van der Waals surface area contributed by atoms with Crippen molar-refractivity contribution >= 4 is 0 Å². The monoisotopic (exact) mass is 181 g/mol. The van der Waals surface area contributed by atoms with Crippen LogP contribution in [0.5, 0.6) is 0 Å². The third-order valence-corrected chi connectivity index (χ3v) is 1.88. The molecule has 1 rings (SSSR count). The lowest BCUT2D eigenvalue weighted by Crippen LogP contribution is -2.09. The molecule has 1 aromatic heterocycles. The molecule has 0 fully saturated rings. The summed E-state index contributed by atoms with van der Waals surface area (Å²) in [5, 5.41) is 0. The molecular weight excluding hydrogens is 162 g/mol. The van der Waals surface area contributed by atoms with Gasteiger partial charge in [-0.1, -0.05) is 34.6 Å². The molecule has 0 saturated heterocycles. The number of hydrogen-bond donors (Lipinski definition) is 0. The van der Waals surface area contributed by atoms with Crippen molar-refractivity contribution in [2.45, 2.75) is 46.5 Å². The van der Waals surface area contributed by atoms with Gasteiger partial charge in [-0.15, -0.1) is 0 Å². The molecule has 2 heteroatoms. The SMILES string of the molecule is CC(C)Cc1ncc(C(C)(C)C)o1. The van der Waals surface area contributed by atoms with E-state index in [2.05, 4.69) is 39.6 Å². The van der Waals surface area contributed by atoms with Crippen LogP contribution in [0, 0.1) is 5.92 Å².